The summed E-state index contributed by atoms with van der Waals surface area (Å²) in [5, 5.41) is 7.91. The van der Waals surface area contributed by atoms with Crippen LogP contribution in [0.4, 0.5) is 5.82 Å². The molecule has 0 aromatic carbocycles. The monoisotopic (exact) mass is 232 g/mol. The second-order valence-electron chi connectivity index (χ2n) is 4.60. The maximum absolute atomic E-state index is 6.02. The highest BCUT2D eigenvalue weighted by Gasteiger charge is 2.19. The summed E-state index contributed by atoms with van der Waals surface area (Å²) in [5.41, 5.74) is 6.98. The fourth-order valence-corrected chi connectivity index (χ4v) is 2.37. The van der Waals surface area contributed by atoms with Gasteiger partial charge in [0.25, 0.3) is 5.78 Å². The van der Waals surface area contributed by atoms with E-state index < -0.39 is 0 Å². The number of hydrogen-bond acceptors (Lipinski definition) is 5. The van der Waals surface area contributed by atoms with Crippen molar-refractivity contribution in [3.05, 3.63) is 18.1 Å². The van der Waals surface area contributed by atoms with Gasteiger partial charge in [0.15, 0.2) is 0 Å². The van der Waals surface area contributed by atoms with Gasteiger partial charge in [0, 0.05) is 30.9 Å². The highest BCUT2D eigenvalue weighted by Crippen LogP contribution is 2.20. The molecular weight excluding hydrogens is 216 g/mol. The molecule has 1 saturated heterocycles. The number of rotatable bonds is 1. The van der Waals surface area contributed by atoms with Crippen molar-refractivity contribution in [2.75, 3.05) is 18.0 Å². The fraction of sp³-hybridized carbons (Fsp3) is 0.545. The summed E-state index contributed by atoms with van der Waals surface area (Å²) in [6, 6.07) is 2.32. The predicted octanol–water partition coefficient (Wildman–Crippen LogP) is 0.360. The van der Waals surface area contributed by atoms with Gasteiger partial charge >= 0.3 is 0 Å². The van der Waals surface area contributed by atoms with Crippen LogP contribution >= 0.6 is 0 Å². The van der Waals surface area contributed by atoms with Crippen molar-refractivity contribution in [3.8, 4) is 0 Å². The molecule has 2 aromatic rings. The standard InChI is InChI=1S/C11H16N6/c1-8-5-10(16-4-2-3-9(12)6-16)17-7-13-15-11(17)14-8/h5,7,9H,2-4,6,12H2,1H3. The van der Waals surface area contributed by atoms with Gasteiger partial charge in [0.1, 0.15) is 12.1 Å². The summed E-state index contributed by atoms with van der Waals surface area (Å²) in [6.07, 6.45) is 3.94. The molecule has 0 aliphatic carbocycles. The molecule has 1 atom stereocenters. The number of fused-ring (bicyclic) bond motifs is 1. The van der Waals surface area contributed by atoms with Crippen molar-refractivity contribution in [1.29, 1.82) is 0 Å². The molecule has 0 spiro atoms. The largest absolute Gasteiger partial charge is 0.356 e. The third-order valence-electron chi connectivity index (χ3n) is 3.17. The molecule has 0 bridgehead atoms. The first-order valence-electron chi connectivity index (χ1n) is 5.92. The fourth-order valence-electron chi connectivity index (χ4n) is 2.37. The van der Waals surface area contributed by atoms with Gasteiger partial charge < -0.3 is 10.6 Å². The van der Waals surface area contributed by atoms with Crippen LogP contribution in [0.3, 0.4) is 0 Å². The van der Waals surface area contributed by atoms with Crippen LogP contribution in [0.2, 0.25) is 0 Å². The quantitative estimate of drug-likeness (QED) is 0.768. The van der Waals surface area contributed by atoms with Gasteiger partial charge in [-0.1, -0.05) is 0 Å². The molecule has 6 heteroatoms. The zero-order chi connectivity index (χ0) is 11.8. The lowest BCUT2D eigenvalue weighted by molar-refractivity contribution is 0.501. The van der Waals surface area contributed by atoms with Crippen LogP contribution in [0.15, 0.2) is 12.4 Å². The van der Waals surface area contributed by atoms with Crippen LogP contribution in [0.25, 0.3) is 5.78 Å². The Balaban J connectivity index is 2.06. The van der Waals surface area contributed by atoms with Crippen LogP contribution in [-0.4, -0.2) is 38.7 Å². The average molecular weight is 232 g/mol. The van der Waals surface area contributed by atoms with E-state index in [9.17, 15) is 0 Å². The van der Waals surface area contributed by atoms with Gasteiger partial charge in [0.2, 0.25) is 0 Å². The maximum atomic E-state index is 6.02. The molecule has 90 valence electrons. The lowest BCUT2D eigenvalue weighted by Crippen LogP contribution is -2.43. The summed E-state index contributed by atoms with van der Waals surface area (Å²) in [5.74, 6) is 1.74. The number of aryl methyl sites for hydroxylation is 1. The van der Waals surface area contributed by atoms with Crippen LogP contribution in [-0.2, 0) is 0 Å². The van der Waals surface area contributed by atoms with Gasteiger partial charge in [-0.2, -0.15) is 0 Å². The van der Waals surface area contributed by atoms with Crippen molar-refractivity contribution in [1.82, 2.24) is 19.6 Å². The van der Waals surface area contributed by atoms with Gasteiger partial charge in [-0.05, 0) is 19.8 Å². The first-order valence-corrected chi connectivity index (χ1v) is 5.92. The van der Waals surface area contributed by atoms with Gasteiger partial charge in [-0.15, -0.1) is 10.2 Å². The smallest absolute Gasteiger partial charge is 0.256 e. The molecule has 2 aromatic heterocycles. The molecule has 0 amide bonds. The molecule has 17 heavy (non-hydrogen) atoms. The highest BCUT2D eigenvalue weighted by atomic mass is 15.3. The average Bonchev–Trinajstić information content (AvgIpc) is 2.75. The summed E-state index contributed by atoms with van der Waals surface area (Å²) >= 11 is 0. The van der Waals surface area contributed by atoms with E-state index in [-0.39, 0.29) is 6.04 Å². The number of nitrogens with two attached hydrogens (primary N) is 1. The second-order valence-corrected chi connectivity index (χ2v) is 4.60. The van der Waals surface area contributed by atoms with Crippen molar-refractivity contribution in [2.24, 2.45) is 5.73 Å². The van der Waals surface area contributed by atoms with Gasteiger partial charge in [-0.3, -0.25) is 4.40 Å². The SMILES string of the molecule is Cc1cc(N2CCCC(N)C2)n2cnnc2n1. The summed E-state index contributed by atoms with van der Waals surface area (Å²) < 4.78 is 1.92. The summed E-state index contributed by atoms with van der Waals surface area (Å²) in [7, 11) is 0. The Kier molecular flexibility index (Phi) is 2.44. The lowest BCUT2D eigenvalue weighted by atomic mass is 10.1. The third-order valence-corrected chi connectivity index (χ3v) is 3.17. The summed E-state index contributed by atoms with van der Waals surface area (Å²) in [6.45, 7) is 3.89. The molecule has 0 saturated carbocycles. The van der Waals surface area contributed by atoms with Crippen LogP contribution in [0.1, 0.15) is 18.5 Å². The van der Waals surface area contributed by atoms with E-state index in [1.54, 1.807) is 6.33 Å². The number of anilines is 1. The highest BCUT2D eigenvalue weighted by molar-refractivity contribution is 5.48. The number of nitrogens with zero attached hydrogens (tertiary/aromatic N) is 5. The molecule has 1 unspecified atom stereocenters. The Morgan fingerprint density at radius 1 is 1.47 bits per heavy atom. The number of aromatic nitrogens is 4. The molecule has 0 radical (unpaired) electrons. The molecule has 3 rings (SSSR count). The minimum Gasteiger partial charge on any atom is -0.356 e. The van der Waals surface area contributed by atoms with Crippen LogP contribution in [0.5, 0.6) is 0 Å². The topological polar surface area (TPSA) is 72.3 Å². The lowest BCUT2D eigenvalue weighted by Gasteiger charge is -2.32. The minimum atomic E-state index is 0.253. The minimum absolute atomic E-state index is 0.253. The third kappa shape index (κ3) is 1.84. The normalized spacial score (nSPS) is 21.1. The Labute approximate surface area is 99.5 Å². The zero-order valence-corrected chi connectivity index (χ0v) is 9.87. The number of piperidine rings is 1. The van der Waals surface area contributed by atoms with Crippen LogP contribution in [0, 0.1) is 6.92 Å². The van der Waals surface area contributed by atoms with E-state index in [4.69, 9.17) is 5.73 Å². The molecule has 1 aliphatic rings. The van der Waals surface area contributed by atoms with Crippen molar-refractivity contribution in [3.63, 3.8) is 0 Å². The van der Waals surface area contributed by atoms with E-state index in [1.807, 2.05) is 11.3 Å². The molecule has 1 fully saturated rings. The number of hydrogen-bond donors (Lipinski definition) is 1. The van der Waals surface area contributed by atoms with Crippen molar-refractivity contribution >= 4 is 11.6 Å². The first-order chi connectivity index (χ1) is 8.24. The van der Waals surface area contributed by atoms with Gasteiger partial charge in [0.05, 0.1) is 0 Å². The van der Waals surface area contributed by atoms with Crippen molar-refractivity contribution in [2.45, 2.75) is 25.8 Å². The first kappa shape index (κ1) is 10.5. The predicted molar refractivity (Wildman–Crippen MR) is 64.9 cm³/mol. The Hall–Kier alpha value is -1.69. The molecule has 3 heterocycles. The Bertz CT molecular complexity index is 534. The van der Waals surface area contributed by atoms with E-state index in [1.165, 1.54) is 0 Å². The van der Waals surface area contributed by atoms with Crippen LogP contribution < -0.4 is 10.6 Å². The molecule has 2 N–H and O–H groups in total. The maximum Gasteiger partial charge on any atom is 0.256 e. The van der Waals surface area contributed by atoms with E-state index in [0.717, 1.165) is 37.4 Å². The Morgan fingerprint density at radius 2 is 2.35 bits per heavy atom. The zero-order valence-electron chi connectivity index (χ0n) is 9.87. The van der Waals surface area contributed by atoms with E-state index >= 15 is 0 Å². The van der Waals surface area contributed by atoms with E-state index in [0.29, 0.717) is 5.78 Å². The second kappa shape index (κ2) is 3.96. The molecule has 1 aliphatic heterocycles. The van der Waals surface area contributed by atoms with Crippen molar-refractivity contribution < 1.29 is 0 Å². The molecule has 6 nitrogen and oxygen atoms in total. The Morgan fingerprint density at radius 3 is 3.18 bits per heavy atom. The van der Waals surface area contributed by atoms with E-state index in [2.05, 4.69) is 26.1 Å². The summed E-state index contributed by atoms with van der Waals surface area (Å²) in [4.78, 5) is 6.63. The molecular formula is C11H16N6. The van der Waals surface area contributed by atoms with Gasteiger partial charge in [-0.25, -0.2) is 4.98 Å².